The fraction of sp³-hybridized carbons (Fsp3) is 0.400. The predicted octanol–water partition coefficient (Wildman–Crippen LogP) is 3.01. The predicted molar refractivity (Wildman–Crippen MR) is 108 cm³/mol. The fourth-order valence-electron chi connectivity index (χ4n) is 2.41. The second kappa shape index (κ2) is 9.98. The molecule has 0 saturated heterocycles. The summed E-state index contributed by atoms with van der Waals surface area (Å²) < 4.78 is 4.74. The van der Waals surface area contributed by atoms with Gasteiger partial charge in [-0.05, 0) is 12.5 Å². The standard InChI is InChI=1S/C20H25N3O4S/c1-12(2)19(26)23-20-21-15(11-28-20)9-17(24)22-16(10-18(25)27-4)14-7-5-13(3)6-8-14/h5-8,11-12,16H,9-10H2,1-4H3,(H,22,24)(H,21,23,26). The van der Waals surface area contributed by atoms with Crippen LogP contribution in [0.5, 0.6) is 0 Å². The fourth-order valence-corrected chi connectivity index (χ4v) is 3.12. The summed E-state index contributed by atoms with van der Waals surface area (Å²) in [6.07, 6.45) is 0.0929. The maximum absolute atomic E-state index is 12.5. The zero-order valence-corrected chi connectivity index (χ0v) is 17.3. The van der Waals surface area contributed by atoms with Crippen LogP contribution in [0.4, 0.5) is 5.13 Å². The number of benzene rings is 1. The molecule has 2 amide bonds. The van der Waals surface area contributed by atoms with E-state index in [1.165, 1.54) is 18.4 Å². The van der Waals surface area contributed by atoms with Crippen molar-refractivity contribution in [2.75, 3.05) is 12.4 Å². The molecule has 28 heavy (non-hydrogen) atoms. The molecular weight excluding hydrogens is 378 g/mol. The maximum atomic E-state index is 12.5. The molecule has 0 saturated carbocycles. The monoisotopic (exact) mass is 403 g/mol. The zero-order valence-electron chi connectivity index (χ0n) is 16.4. The van der Waals surface area contributed by atoms with Crippen molar-refractivity contribution in [3.63, 3.8) is 0 Å². The lowest BCUT2D eigenvalue weighted by molar-refractivity contribution is -0.141. The van der Waals surface area contributed by atoms with Crippen molar-refractivity contribution >= 4 is 34.3 Å². The molecule has 0 aliphatic carbocycles. The van der Waals surface area contributed by atoms with Crippen LogP contribution in [-0.4, -0.2) is 29.9 Å². The summed E-state index contributed by atoms with van der Waals surface area (Å²) >= 11 is 1.27. The number of aryl methyl sites for hydroxylation is 1. The Morgan fingerprint density at radius 3 is 2.46 bits per heavy atom. The minimum Gasteiger partial charge on any atom is -0.469 e. The molecule has 1 aromatic carbocycles. The molecule has 1 aromatic heterocycles. The minimum atomic E-state index is -0.487. The van der Waals surface area contributed by atoms with Crippen LogP contribution in [0, 0.1) is 12.8 Å². The second-order valence-electron chi connectivity index (χ2n) is 6.78. The number of hydrogen-bond acceptors (Lipinski definition) is 6. The Bertz CT molecular complexity index is 830. The van der Waals surface area contributed by atoms with Crippen molar-refractivity contribution in [2.45, 2.75) is 39.7 Å². The Morgan fingerprint density at radius 2 is 1.86 bits per heavy atom. The number of carbonyl (C=O) groups excluding carboxylic acids is 3. The molecule has 1 heterocycles. The summed E-state index contributed by atoms with van der Waals surface area (Å²) in [4.78, 5) is 40.2. The first-order chi connectivity index (χ1) is 13.3. The smallest absolute Gasteiger partial charge is 0.307 e. The minimum absolute atomic E-state index is 0.0397. The number of methoxy groups -OCH3 is 1. The molecule has 0 bridgehead atoms. The summed E-state index contributed by atoms with van der Waals surface area (Å²) in [5.74, 6) is -0.938. The van der Waals surface area contributed by atoms with E-state index in [0.29, 0.717) is 10.8 Å². The number of anilines is 1. The first kappa shape index (κ1) is 21.6. The molecule has 0 spiro atoms. The van der Waals surface area contributed by atoms with E-state index in [-0.39, 0.29) is 30.6 Å². The van der Waals surface area contributed by atoms with E-state index >= 15 is 0 Å². The number of rotatable bonds is 8. The molecule has 0 aliphatic rings. The zero-order chi connectivity index (χ0) is 20.7. The molecule has 1 unspecified atom stereocenters. The van der Waals surface area contributed by atoms with E-state index in [9.17, 15) is 14.4 Å². The third-order valence-corrected chi connectivity index (χ3v) is 4.87. The van der Waals surface area contributed by atoms with E-state index in [4.69, 9.17) is 4.74 Å². The topological polar surface area (TPSA) is 97.4 Å². The van der Waals surface area contributed by atoms with Crippen molar-refractivity contribution in [3.8, 4) is 0 Å². The van der Waals surface area contributed by atoms with Gasteiger partial charge in [0.1, 0.15) is 0 Å². The molecular formula is C20H25N3O4S. The van der Waals surface area contributed by atoms with E-state index < -0.39 is 12.0 Å². The van der Waals surface area contributed by atoms with Crippen molar-refractivity contribution < 1.29 is 19.1 Å². The molecule has 0 fully saturated rings. The lowest BCUT2D eigenvalue weighted by Gasteiger charge is -2.18. The lowest BCUT2D eigenvalue weighted by atomic mass is 10.0. The molecule has 7 nitrogen and oxygen atoms in total. The van der Waals surface area contributed by atoms with Crippen LogP contribution in [0.1, 0.15) is 43.1 Å². The number of aromatic nitrogens is 1. The third kappa shape index (κ3) is 6.45. The van der Waals surface area contributed by atoms with E-state index in [0.717, 1.165) is 11.1 Å². The quantitative estimate of drug-likeness (QED) is 0.661. The average molecular weight is 404 g/mol. The molecule has 2 aromatic rings. The van der Waals surface area contributed by atoms with Gasteiger partial charge in [0.25, 0.3) is 0 Å². The number of thiazole rings is 1. The molecule has 8 heteroatoms. The van der Waals surface area contributed by atoms with Gasteiger partial charge in [-0.2, -0.15) is 0 Å². The molecule has 2 rings (SSSR count). The maximum Gasteiger partial charge on any atom is 0.307 e. The number of hydrogen-bond donors (Lipinski definition) is 2. The number of nitrogens with one attached hydrogen (secondary N) is 2. The molecule has 1 atom stereocenters. The Kier molecular flexibility index (Phi) is 7.69. The van der Waals surface area contributed by atoms with Gasteiger partial charge >= 0.3 is 5.97 Å². The first-order valence-electron chi connectivity index (χ1n) is 8.96. The van der Waals surface area contributed by atoms with Crippen molar-refractivity contribution in [2.24, 2.45) is 5.92 Å². The summed E-state index contributed by atoms with van der Waals surface area (Å²) in [6, 6.07) is 7.13. The van der Waals surface area contributed by atoms with Crippen molar-refractivity contribution in [1.29, 1.82) is 0 Å². The van der Waals surface area contributed by atoms with E-state index in [1.807, 2.05) is 31.2 Å². The number of amides is 2. The van der Waals surface area contributed by atoms with E-state index in [1.54, 1.807) is 19.2 Å². The van der Waals surface area contributed by atoms with Crippen LogP contribution in [-0.2, 0) is 25.5 Å². The highest BCUT2D eigenvalue weighted by atomic mass is 32.1. The van der Waals surface area contributed by atoms with Crippen LogP contribution < -0.4 is 10.6 Å². The van der Waals surface area contributed by atoms with Crippen LogP contribution >= 0.6 is 11.3 Å². The average Bonchev–Trinajstić information content (AvgIpc) is 3.08. The highest BCUT2D eigenvalue weighted by molar-refractivity contribution is 7.13. The number of carbonyl (C=O) groups is 3. The third-order valence-electron chi connectivity index (χ3n) is 4.06. The number of esters is 1. The Labute approximate surface area is 168 Å². The number of ether oxygens (including phenoxy) is 1. The van der Waals surface area contributed by atoms with Crippen molar-refractivity contribution in [3.05, 3.63) is 46.5 Å². The lowest BCUT2D eigenvalue weighted by Crippen LogP contribution is -2.31. The van der Waals surface area contributed by atoms with Crippen LogP contribution in [0.2, 0.25) is 0 Å². The van der Waals surface area contributed by atoms with Gasteiger partial charge in [-0.3, -0.25) is 14.4 Å². The Morgan fingerprint density at radius 1 is 1.18 bits per heavy atom. The van der Waals surface area contributed by atoms with Gasteiger partial charge < -0.3 is 15.4 Å². The van der Waals surface area contributed by atoms with Gasteiger partial charge in [-0.1, -0.05) is 43.7 Å². The SMILES string of the molecule is COC(=O)CC(NC(=O)Cc1csc(NC(=O)C(C)C)n1)c1ccc(C)cc1. The Hall–Kier alpha value is -2.74. The van der Waals surface area contributed by atoms with Crippen molar-refractivity contribution in [1.82, 2.24) is 10.3 Å². The van der Waals surface area contributed by atoms with Gasteiger partial charge in [0, 0.05) is 11.3 Å². The molecule has 2 N–H and O–H groups in total. The summed E-state index contributed by atoms with van der Waals surface area (Å²) in [6.45, 7) is 5.56. The van der Waals surface area contributed by atoms with Crippen LogP contribution in [0.3, 0.4) is 0 Å². The highest BCUT2D eigenvalue weighted by Gasteiger charge is 2.20. The first-order valence-corrected chi connectivity index (χ1v) is 9.84. The Balaban J connectivity index is 2.03. The van der Waals surface area contributed by atoms with Crippen LogP contribution in [0.25, 0.3) is 0 Å². The summed E-state index contributed by atoms with van der Waals surface area (Å²) in [5.41, 5.74) is 2.47. The number of nitrogens with zero attached hydrogens (tertiary/aromatic N) is 1. The van der Waals surface area contributed by atoms with E-state index in [2.05, 4.69) is 15.6 Å². The summed E-state index contributed by atoms with van der Waals surface area (Å²) in [7, 11) is 1.32. The highest BCUT2D eigenvalue weighted by Crippen LogP contribution is 2.20. The normalized spacial score (nSPS) is 11.8. The largest absolute Gasteiger partial charge is 0.469 e. The van der Waals surface area contributed by atoms with Gasteiger partial charge in [0.05, 0.1) is 31.7 Å². The summed E-state index contributed by atoms with van der Waals surface area (Å²) in [5, 5.41) is 7.79. The van der Waals surface area contributed by atoms with Gasteiger partial charge in [-0.25, -0.2) is 4.98 Å². The second-order valence-corrected chi connectivity index (χ2v) is 7.63. The van der Waals surface area contributed by atoms with Crippen LogP contribution in [0.15, 0.2) is 29.6 Å². The van der Waals surface area contributed by atoms with Gasteiger partial charge in [-0.15, -0.1) is 11.3 Å². The van der Waals surface area contributed by atoms with Gasteiger partial charge in [0.15, 0.2) is 5.13 Å². The molecule has 0 aliphatic heterocycles. The molecule has 0 radical (unpaired) electrons. The molecule has 150 valence electrons. The van der Waals surface area contributed by atoms with Gasteiger partial charge in [0.2, 0.25) is 11.8 Å².